The maximum absolute atomic E-state index is 5.79. The van der Waals surface area contributed by atoms with Crippen molar-refractivity contribution >= 4 is 0 Å². The van der Waals surface area contributed by atoms with Gasteiger partial charge in [0.25, 0.3) is 0 Å². The molecule has 0 heterocycles. The molecule has 2 aromatic carbocycles. The van der Waals surface area contributed by atoms with Gasteiger partial charge in [-0.3, -0.25) is 0 Å². The van der Waals surface area contributed by atoms with Crippen LogP contribution in [0.4, 0.5) is 0 Å². The van der Waals surface area contributed by atoms with E-state index < -0.39 is 0 Å². The van der Waals surface area contributed by atoms with Crippen LogP contribution in [0.2, 0.25) is 0 Å². The Labute approximate surface area is 146 Å². The molecule has 0 aromatic heterocycles. The van der Waals surface area contributed by atoms with Gasteiger partial charge in [-0.15, -0.1) is 0 Å². The zero-order valence-corrected chi connectivity index (χ0v) is 15.3. The van der Waals surface area contributed by atoms with E-state index in [0.29, 0.717) is 12.1 Å². The first-order chi connectivity index (χ1) is 11.6. The van der Waals surface area contributed by atoms with E-state index in [4.69, 9.17) is 4.74 Å². The molecule has 0 fully saturated rings. The number of hydrogen-bond donors (Lipinski definition) is 1. The van der Waals surface area contributed by atoms with E-state index in [2.05, 4.69) is 92.8 Å². The molecule has 2 rings (SSSR count). The van der Waals surface area contributed by atoms with E-state index in [9.17, 15) is 0 Å². The number of nitrogens with zero attached hydrogens (tertiary/aromatic N) is 1. The quantitative estimate of drug-likeness (QED) is 0.690. The van der Waals surface area contributed by atoms with Gasteiger partial charge in [-0.1, -0.05) is 42.5 Å². The van der Waals surface area contributed by atoms with E-state index in [1.165, 1.54) is 11.1 Å². The lowest BCUT2D eigenvalue weighted by Gasteiger charge is -2.21. The Morgan fingerprint density at radius 3 is 2.04 bits per heavy atom. The highest BCUT2D eigenvalue weighted by Crippen LogP contribution is 2.21. The molecule has 1 N–H and O–H groups in total. The molecule has 1 unspecified atom stereocenters. The third-order valence-electron chi connectivity index (χ3n) is 4.20. The lowest BCUT2D eigenvalue weighted by atomic mass is 10.0. The normalized spacial score (nSPS) is 13.7. The Kier molecular flexibility index (Phi) is 7.29. The summed E-state index contributed by atoms with van der Waals surface area (Å²) in [4.78, 5) is 2.17. The summed E-state index contributed by atoms with van der Waals surface area (Å²) in [5.74, 6) is 0.945. The summed E-state index contributed by atoms with van der Waals surface area (Å²) in [6.45, 7) is 6.22. The van der Waals surface area contributed by atoms with Crippen LogP contribution in [-0.4, -0.2) is 32.1 Å². The average molecular weight is 326 g/mol. The van der Waals surface area contributed by atoms with Crippen molar-refractivity contribution in [3.05, 3.63) is 65.7 Å². The Bertz CT molecular complexity index is 581. The van der Waals surface area contributed by atoms with Gasteiger partial charge in [-0.05, 0) is 57.6 Å². The minimum atomic E-state index is 0.294. The largest absolute Gasteiger partial charge is 0.494 e. The molecule has 2 aromatic rings. The summed E-state index contributed by atoms with van der Waals surface area (Å²) in [7, 11) is 4.17. The minimum Gasteiger partial charge on any atom is -0.494 e. The van der Waals surface area contributed by atoms with Gasteiger partial charge in [-0.25, -0.2) is 0 Å². The van der Waals surface area contributed by atoms with Crippen molar-refractivity contribution in [1.82, 2.24) is 10.2 Å². The van der Waals surface area contributed by atoms with Gasteiger partial charge in [-0.2, -0.15) is 0 Å². The van der Waals surface area contributed by atoms with Gasteiger partial charge in [0, 0.05) is 18.6 Å². The van der Waals surface area contributed by atoms with Crippen LogP contribution in [-0.2, 0) is 0 Å². The molecule has 24 heavy (non-hydrogen) atoms. The van der Waals surface area contributed by atoms with Crippen LogP contribution in [0.5, 0.6) is 5.75 Å². The van der Waals surface area contributed by atoms with Crippen LogP contribution in [0.25, 0.3) is 0 Å². The minimum absolute atomic E-state index is 0.294. The molecule has 2 atom stereocenters. The summed E-state index contributed by atoms with van der Waals surface area (Å²) in [6, 6.07) is 19.6. The molecule has 0 aliphatic heterocycles. The molecular formula is C21H30N2O. The summed E-state index contributed by atoms with van der Waals surface area (Å²) in [5, 5.41) is 3.65. The molecule has 3 nitrogen and oxygen atoms in total. The summed E-state index contributed by atoms with van der Waals surface area (Å²) in [6.07, 6.45) is 1.04. The SMILES string of the molecule is CC(N[C@@H](C)c1ccccc1)c1ccc(OCCCN(C)C)cc1. The highest BCUT2D eigenvalue weighted by molar-refractivity contribution is 5.29. The maximum atomic E-state index is 5.79. The van der Waals surface area contributed by atoms with Crippen LogP contribution in [0.15, 0.2) is 54.6 Å². The van der Waals surface area contributed by atoms with Gasteiger partial charge in [0.1, 0.15) is 5.75 Å². The van der Waals surface area contributed by atoms with E-state index in [0.717, 1.165) is 25.3 Å². The molecule has 130 valence electrons. The van der Waals surface area contributed by atoms with Gasteiger partial charge in [0.15, 0.2) is 0 Å². The van der Waals surface area contributed by atoms with Crippen LogP contribution in [0.1, 0.15) is 43.5 Å². The molecule has 0 saturated carbocycles. The van der Waals surface area contributed by atoms with Gasteiger partial charge >= 0.3 is 0 Å². The number of hydrogen-bond acceptors (Lipinski definition) is 3. The first-order valence-electron chi connectivity index (χ1n) is 8.74. The van der Waals surface area contributed by atoms with Crippen LogP contribution in [0.3, 0.4) is 0 Å². The summed E-state index contributed by atoms with van der Waals surface area (Å²) < 4.78 is 5.79. The first kappa shape index (κ1) is 18.5. The molecule has 0 radical (unpaired) electrons. The topological polar surface area (TPSA) is 24.5 Å². The number of nitrogens with one attached hydrogen (secondary N) is 1. The van der Waals surface area contributed by atoms with Crippen LogP contribution in [0, 0.1) is 0 Å². The monoisotopic (exact) mass is 326 g/mol. The van der Waals surface area contributed by atoms with Gasteiger partial charge in [0.05, 0.1) is 6.61 Å². The van der Waals surface area contributed by atoms with Crippen LogP contribution >= 0.6 is 0 Å². The molecule has 0 bridgehead atoms. The van der Waals surface area contributed by atoms with E-state index in [1.54, 1.807) is 0 Å². The Balaban J connectivity index is 1.83. The predicted molar refractivity (Wildman–Crippen MR) is 102 cm³/mol. The molecule has 0 aliphatic rings. The van der Waals surface area contributed by atoms with E-state index in [1.807, 2.05) is 0 Å². The highest BCUT2D eigenvalue weighted by Gasteiger charge is 2.11. The predicted octanol–water partition coefficient (Wildman–Crippen LogP) is 4.43. The lowest BCUT2D eigenvalue weighted by molar-refractivity contribution is 0.281. The Hall–Kier alpha value is -1.84. The molecular weight excluding hydrogens is 296 g/mol. The second kappa shape index (κ2) is 9.45. The Morgan fingerprint density at radius 2 is 1.46 bits per heavy atom. The third kappa shape index (κ3) is 5.99. The second-order valence-electron chi connectivity index (χ2n) is 6.60. The molecule has 0 amide bonds. The van der Waals surface area contributed by atoms with Gasteiger partial charge < -0.3 is 15.0 Å². The molecule has 0 aliphatic carbocycles. The fraction of sp³-hybridized carbons (Fsp3) is 0.429. The fourth-order valence-corrected chi connectivity index (χ4v) is 2.73. The Morgan fingerprint density at radius 1 is 0.875 bits per heavy atom. The van der Waals surface area contributed by atoms with Gasteiger partial charge in [0.2, 0.25) is 0 Å². The number of rotatable bonds is 9. The third-order valence-corrected chi connectivity index (χ3v) is 4.20. The zero-order valence-electron chi connectivity index (χ0n) is 15.3. The van der Waals surface area contributed by atoms with Crippen molar-refractivity contribution < 1.29 is 4.74 Å². The van der Waals surface area contributed by atoms with E-state index >= 15 is 0 Å². The average Bonchev–Trinajstić information content (AvgIpc) is 2.59. The van der Waals surface area contributed by atoms with Crippen molar-refractivity contribution in [3.8, 4) is 5.75 Å². The summed E-state index contributed by atoms with van der Waals surface area (Å²) in [5.41, 5.74) is 2.59. The molecule has 0 saturated heterocycles. The molecule has 3 heteroatoms. The maximum Gasteiger partial charge on any atom is 0.119 e. The number of benzene rings is 2. The van der Waals surface area contributed by atoms with E-state index in [-0.39, 0.29) is 0 Å². The van der Waals surface area contributed by atoms with Crippen molar-refractivity contribution in [2.45, 2.75) is 32.4 Å². The van der Waals surface area contributed by atoms with Crippen molar-refractivity contribution in [2.75, 3.05) is 27.2 Å². The second-order valence-corrected chi connectivity index (χ2v) is 6.60. The lowest BCUT2D eigenvalue weighted by Crippen LogP contribution is -2.22. The first-order valence-corrected chi connectivity index (χ1v) is 8.74. The highest BCUT2D eigenvalue weighted by atomic mass is 16.5. The number of ether oxygens (including phenoxy) is 1. The fourth-order valence-electron chi connectivity index (χ4n) is 2.73. The van der Waals surface area contributed by atoms with Crippen LogP contribution < -0.4 is 10.1 Å². The van der Waals surface area contributed by atoms with Crippen molar-refractivity contribution in [1.29, 1.82) is 0 Å². The van der Waals surface area contributed by atoms with Crippen molar-refractivity contribution in [3.63, 3.8) is 0 Å². The summed E-state index contributed by atoms with van der Waals surface area (Å²) >= 11 is 0. The zero-order chi connectivity index (χ0) is 17.4. The molecule has 0 spiro atoms. The standard InChI is InChI=1S/C21H30N2O/c1-17(19-9-6-5-7-10-19)22-18(2)20-11-13-21(14-12-20)24-16-8-15-23(3)4/h5-7,9-14,17-18,22H,8,15-16H2,1-4H3/t17-,18?/m0/s1. The smallest absolute Gasteiger partial charge is 0.119 e. The van der Waals surface area contributed by atoms with Crippen molar-refractivity contribution in [2.24, 2.45) is 0 Å².